The van der Waals surface area contributed by atoms with Crippen molar-refractivity contribution < 1.29 is 46.8 Å². The van der Waals surface area contributed by atoms with E-state index in [4.69, 9.17) is 28.4 Å². The van der Waals surface area contributed by atoms with Crippen molar-refractivity contribution in [2.75, 3.05) is 92.0 Å². The third-order valence-electron chi connectivity index (χ3n) is 15.6. The Morgan fingerprint density at radius 3 is 1.56 bits per heavy atom. The Morgan fingerprint density at radius 2 is 1.07 bits per heavy atom. The third kappa shape index (κ3) is 11.6. The highest BCUT2D eigenvalue weighted by atomic mass is 19.1. The zero-order chi connectivity index (χ0) is 47.8. The average Bonchev–Trinajstić information content (AvgIpc) is 3.95. The summed E-state index contributed by atoms with van der Waals surface area (Å²) in [6.45, 7) is 22.2. The summed E-state index contributed by atoms with van der Waals surface area (Å²) in [7, 11) is 0. The Bertz CT molecular complexity index is 2120. The highest BCUT2D eigenvalue weighted by molar-refractivity contribution is 5.71. The van der Waals surface area contributed by atoms with E-state index in [9.17, 15) is 18.4 Å². The predicted octanol–water partition coefficient (Wildman–Crippen LogP) is 9.26. The van der Waals surface area contributed by atoms with E-state index in [0.717, 1.165) is 116 Å². The van der Waals surface area contributed by atoms with E-state index in [1.54, 1.807) is 34.1 Å². The fourth-order valence-electron chi connectivity index (χ4n) is 12.1. The minimum absolute atomic E-state index is 0.126. The van der Waals surface area contributed by atoms with Crippen molar-refractivity contribution in [1.29, 1.82) is 0 Å². The number of amides is 2. The van der Waals surface area contributed by atoms with Crippen LogP contribution in [-0.2, 0) is 28.4 Å². The van der Waals surface area contributed by atoms with Gasteiger partial charge in [0.15, 0.2) is 0 Å². The van der Waals surface area contributed by atoms with Crippen LogP contribution in [0.2, 0.25) is 0 Å². The molecule has 2 atom stereocenters. The Morgan fingerprint density at radius 1 is 0.603 bits per heavy atom. The second-order valence-corrected chi connectivity index (χ2v) is 22.9. The molecule has 12 nitrogen and oxygen atoms in total. The topological polar surface area (TPSA) is 102 Å². The van der Waals surface area contributed by atoms with Gasteiger partial charge in [-0.15, -0.1) is 0 Å². The lowest BCUT2D eigenvalue weighted by Crippen LogP contribution is -2.64. The highest BCUT2D eigenvalue weighted by Crippen LogP contribution is 2.43. The molecule has 0 unspecified atom stereocenters. The molecule has 0 aliphatic carbocycles. The van der Waals surface area contributed by atoms with E-state index in [1.165, 1.54) is 22.3 Å². The van der Waals surface area contributed by atoms with E-state index in [1.807, 2.05) is 53.7 Å². The van der Waals surface area contributed by atoms with Gasteiger partial charge in [0, 0.05) is 25.3 Å². The van der Waals surface area contributed by atoms with E-state index in [-0.39, 0.29) is 35.0 Å². The van der Waals surface area contributed by atoms with E-state index < -0.39 is 11.2 Å². The summed E-state index contributed by atoms with van der Waals surface area (Å²) in [5.74, 6) is 0.983. The Kier molecular flexibility index (Phi) is 14.7. The van der Waals surface area contributed by atoms with Crippen LogP contribution in [0.3, 0.4) is 0 Å². The number of benzene rings is 2. The molecule has 0 saturated carbocycles. The number of nitrogens with zero attached hydrogens (tertiary/aromatic N) is 4. The summed E-state index contributed by atoms with van der Waals surface area (Å²) in [5, 5.41) is 0. The number of likely N-dealkylation sites (tertiary alicyclic amines) is 4. The molecule has 2 aromatic carbocycles. The molecule has 8 heterocycles. The molecule has 0 aromatic heterocycles. The second kappa shape index (κ2) is 20.2. The second-order valence-electron chi connectivity index (χ2n) is 22.9. The molecule has 7 fully saturated rings. The van der Waals surface area contributed by atoms with E-state index in [0.29, 0.717) is 69.2 Å². The molecule has 68 heavy (non-hydrogen) atoms. The van der Waals surface area contributed by atoms with Crippen molar-refractivity contribution in [3.05, 3.63) is 76.4 Å². The van der Waals surface area contributed by atoms with Crippen LogP contribution in [0.25, 0.3) is 5.57 Å². The molecule has 14 heteroatoms. The molecule has 2 spiro atoms. The number of ether oxygens (including phenoxy) is 6. The molecule has 0 bridgehead atoms. The molecule has 8 aliphatic rings. The van der Waals surface area contributed by atoms with Crippen molar-refractivity contribution in [3.63, 3.8) is 0 Å². The van der Waals surface area contributed by atoms with Gasteiger partial charge in [-0.2, -0.15) is 0 Å². The zero-order valence-corrected chi connectivity index (χ0v) is 41.5. The third-order valence-corrected chi connectivity index (χ3v) is 15.6. The maximum absolute atomic E-state index is 14.2. The minimum atomic E-state index is -0.480. The van der Waals surface area contributed by atoms with Crippen LogP contribution in [0.1, 0.15) is 139 Å². The first kappa shape index (κ1) is 49.3. The minimum Gasteiger partial charge on any atom is -0.444 e. The molecule has 2 aromatic rings. The van der Waals surface area contributed by atoms with Gasteiger partial charge in [0.25, 0.3) is 0 Å². The van der Waals surface area contributed by atoms with Crippen LogP contribution < -0.4 is 0 Å². The van der Waals surface area contributed by atoms with Crippen LogP contribution in [0.4, 0.5) is 18.4 Å². The van der Waals surface area contributed by atoms with Gasteiger partial charge in [0.1, 0.15) is 34.0 Å². The fourth-order valence-corrected chi connectivity index (χ4v) is 12.1. The lowest BCUT2D eigenvalue weighted by molar-refractivity contribution is -0.109. The lowest BCUT2D eigenvalue weighted by atomic mass is 9.80. The normalized spacial score (nSPS) is 26.2. The van der Waals surface area contributed by atoms with Crippen LogP contribution in [0, 0.1) is 11.6 Å². The van der Waals surface area contributed by atoms with Crippen molar-refractivity contribution >= 4 is 17.8 Å². The number of carbonyl (C=O) groups excluding carboxylic acids is 2. The maximum atomic E-state index is 14.2. The van der Waals surface area contributed by atoms with E-state index >= 15 is 0 Å². The molecular formula is C54H76F2N4O8. The molecule has 0 N–H and O–H groups in total. The van der Waals surface area contributed by atoms with Gasteiger partial charge in [0.2, 0.25) is 0 Å². The van der Waals surface area contributed by atoms with Crippen molar-refractivity contribution in [2.45, 2.75) is 152 Å². The summed E-state index contributed by atoms with van der Waals surface area (Å²) in [4.78, 5) is 33.2. The smallest absolute Gasteiger partial charge is 0.410 e. The largest absolute Gasteiger partial charge is 0.444 e. The Balaban J connectivity index is 0.000000170. The van der Waals surface area contributed by atoms with Crippen LogP contribution in [0.5, 0.6) is 0 Å². The van der Waals surface area contributed by atoms with Gasteiger partial charge in [0.05, 0.1) is 52.6 Å². The summed E-state index contributed by atoms with van der Waals surface area (Å²) < 4.78 is 62.9. The zero-order valence-electron chi connectivity index (χ0n) is 41.5. The summed E-state index contributed by atoms with van der Waals surface area (Å²) in [5.41, 5.74) is 4.81. The van der Waals surface area contributed by atoms with Crippen molar-refractivity contribution in [3.8, 4) is 0 Å². The first-order chi connectivity index (χ1) is 32.4. The number of hydrogen-bond donors (Lipinski definition) is 0. The molecule has 8 aliphatic heterocycles. The monoisotopic (exact) mass is 947 g/mol. The van der Waals surface area contributed by atoms with Gasteiger partial charge < -0.3 is 38.2 Å². The lowest BCUT2D eigenvalue weighted by Gasteiger charge is -2.47. The quantitative estimate of drug-likeness (QED) is 0.279. The van der Waals surface area contributed by atoms with Gasteiger partial charge in [-0.3, -0.25) is 9.80 Å². The summed E-state index contributed by atoms with van der Waals surface area (Å²) in [6.07, 6.45) is 10.6. The Hall–Kier alpha value is -3.66. The number of halogens is 2. The first-order valence-electron chi connectivity index (χ1n) is 25.6. The van der Waals surface area contributed by atoms with Crippen molar-refractivity contribution in [1.82, 2.24) is 19.6 Å². The van der Waals surface area contributed by atoms with Crippen LogP contribution in [0.15, 0.2) is 42.5 Å². The van der Waals surface area contributed by atoms with E-state index in [2.05, 4.69) is 15.9 Å². The average molecular weight is 947 g/mol. The van der Waals surface area contributed by atoms with Crippen LogP contribution in [-0.4, -0.2) is 158 Å². The maximum Gasteiger partial charge on any atom is 0.410 e. The summed E-state index contributed by atoms with van der Waals surface area (Å²) >= 11 is 0. The van der Waals surface area contributed by atoms with Crippen LogP contribution >= 0.6 is 0 Å². The summed E-state index contributed by atoms with van der Waals surface area (Å²) in [6, 6.07) is 11.5. The van der Waals surface area contributed by atoms with Gasteiger partial charge in [-0.25, -0.2) is 18.4 Å². The molecule has 0 radical (unpaired) electrons. The standard InChI is InChI=1S/C27H39FN2O4.C27H37FN2O4/c2*1-26(2,3)34-25(31)30-17-27(18-30)15-22(16-33-27)29-10-6-19(7-11-29)24-14-21(28)4-5-23(24)20-8-12-32-13-9-20/h4-5,14,19-20,22H,6-13,15-18H2,1-3H3;4-5,8,14,19,22H,6-7,9-13,15-18H2,1-3H3/t2*22-/m00/s1. The first-order valence-corrected chi connectivity index (χ1v) is 25.6. The highest BCUT2D eigenvalue weighted by Gasteiger charge is 2.55. The fraction of sp³-hybridized carbons (Fsp3) is 0.704. The number of hydrogen-bond acceptors (Lipinski definition) is 10. The molecule has 7 saturated heterocycles. The molecule has 10 rings (SSSR count). The predicted molar refractivity (Wildman–Crippen MR) is 256 cm³/mol. The molecule has 2 amide bonds. The molecule has 374 valence electrons. The van der Waals surface area contributed by atoms with Crippen molar-refractivity contribution in [2.24, 2.45) is 0 Å². The SMILES string of the molecule is CC(C)(C)OC(=O)N1CC2(C[C@H](N3CCC(c4cc(F)ccc4C4=CCOCC4)CC3)CO2)C1.CC(C)(C)OC(=O)N1CC2(C[C@H](N3CCC(c4cc(F)ccc4C4CCOCC4)CC3)CO2)C1. The molecular weight excluding hydrogens is 871 g/mol. The Labute approximate surface area is 402 Å². The number of carbonyl (C=O) groups is 2. The number of rotatable bonds is 6. The van der Waals surface area contributed by atoms with Gasteiger partial charge >= 0.3 is 12.2 Å². The number of piperidine rings is 2. The van der Waals surface area contributed by atoms with Gasteiger partial charge in [-0.1, -0.05) is 18.2 Å². The van der Waals surface area contributed by atoms with Gasteiger partial charge in [-0.05, 0) is 195 Å².